The van der Waals surface area contributed by atoms with Gasteiger partial charge in [-0.3, -0.25) is 0 Å². The second-order valence-corrected chi connectivity index (χ2v) is 4.34. The Morgan fingerprint density at radius 1 is 1.00 bits per heavy atom. The Balaban J connectivity index is 1.94. The van der Waals surface area contributed by atoms with E-state index in [4.69, 9.17) is 21.4 Å². The number of hydrogen-bond acceptors (Lipinski definition) is 2. The minimum absolute atomic E-state index is 0.124. The summed E-state index contributed by atoms with van der Waals surface area (Å²) in [5.41, 5.74) is 1.94. The van der Waals surface area contributed by atoms with Gasteiger partial charge in [0, 0.05) is 10.6 Å². The van der Waals surface area contributed by atoms with E-state index in [1.165, 1.54) is 0 Å². The van der Waals surface area contributed by atoms with Gasteiger partial charge in [0.15, 0.2) is 0 Å². The fraction of sp³-hybridized carbons (Fsp3) is 0.125. The molecule has 19 heavy (non-hydrogen) atoms. The SMILES string of the molecule is OCC#Cc1ccc(COc2ccc(Cl)cc2)cc1. The molecule has 0 saturated carbocycles. The maximum atomic E-state index is 8.61. The van der Waals surface area contributed by atoms with E-state index < -0.39 is 0 Å². The summed E-state index contributed by atoms with van der Waals surface area (Å²) in [6, 6.07) is 15.0. The quantitative estimate of drug-likeness (QED) is 0.869. The first-order valence-electron chi connectivity index (χ1n) is 5.85. The van der Waals surface area contributed by atoms with Gasteiger partial charge in [0.25, 0.3) is 0 Å². The van der Waals surface area contributed by atoms with Crippen LogP contribution < -0.4 is 4.74 Å². The lowest BCUT2D eigenvalue weighted by Gasteiger charge is -2.06. The average Bonchev–Trinajstić information content (AvgIpc) is 2.46. The van der Waals surface area contributed by atoms with Crippen LogP contribution in [0.25, 0.3) is 0 Å². The second kappa shape index (κ2) is 6.84. The molecule has 0 fully saturated rings. The number of halogens is 1. The van der Waals surface area contributed by atoms with Gasteiger partial charge in [-0.05, 0) is 42.0 Å². The summed E-state index contributed by atoms with van der Waals surface area (Å²) in [7, 11) is 0. The zero-order chi connectivity index (χ0) is 13.5. The predicted molar refractivity (Wildman–Crippen MR) is 76.2 cm³/mol. The maximum Gasteiger partial charge on any atom is 0.119 e. The molecule has 2 nitrogen and oxygen atoms in total. The predicted octanol–water partition coefficient (Wildman–Crippen LogP) is 3.26. The van der Waals surface area contributed by atoms with Gasteiger partial charge in [0.2, 0.25) is 0 Å². The van der Waals surface area contributed by atoms with E-state index in [0.717, 1.165) is 16.9 Å². The maximum absolute atomic E-state index is 8.61. The van der Waals surface area contributed by atoms with Crippen molar-refractivity contribution in [3.05, 3.63) is 64.7 Å². The van der Waals surface area contributed by atoms with Gasteiger partial charge >= 0.3 is 0 Å². The molecule has 0 heterocycles. The van der Waals surface area contributed by atoms with E-state index in [9.17, 15) is 0 Å². The first-order chi connectivity index (χ1) is 9.28. The minimum atomic E-state index is -0.124. The molecule has 96 valence electrons. The van der Waals surface area contributed by atoms with Crippen LogP contribution in [0.2, 0.25) is 5.02 Å². The Labute approximate surface area is 117 Å². The largest absolute Gasteiger partial charge is 0.489 e. The Morgan fingerprint density at radius 2 is 1.68 bits per heavy atom. The average molecular weight is 273 g/mol. The molecule has 0 aliphatic heterocycles. The van der Waals surface area contributed by atoms with E-state index in [0.29, 0.717) is 11.6 Å². The summed E-state index contributed by atoms with van der Waals surface area (Å²) in [6.07, 6.45) is 0. The lowest BCUT2D eigenvalue weighted by atomic mass is 10.1. The normalized spacial score (nSPS) is 9.58. The van der Waals surface area contributed by atoms with Gasteiger partial charge in [-0.1, -0.05) is 35.6 Å². The van der Waals surface area contributed by atoms with Gasteiger partial charge in [-0.15, -0.1) is 0 Å². The fourth-order valence-corrected chi connectivity index (χ4v) is 1.65. The Kier molecular flexibility index (Phi) is 4.85. The van der Waals surface area contributed by atoms with E-state index >= 15 is 0 Å². The molecule has 0 aliphatic carbocycles. The molecule has 0 unspecified atom stereocenters. The topological polar surface area (TPSA) is 29.5 Å². The van der Waals surface area contributed by atoms with Crippen LogP contribution in [0.3, 0.4) is 0 Å². The molecule has 2 aromatic rings. The van der Waals surface area contributed by atoms with Crippen molar-refractivity contribution in [1.82, 2.24) is 0 Å². The fourth-order valence-electron chi connectivity index (χ4n) is 1.52. The van der Waals surface area contributed by atoms with Crippen LogP contribution in [0.15, 0.2) is 48.5 Å². The van der Waals surface area contributed by atoms with Gasteiger partial charge in [-0.2, -0.15) is 0 Å². The molecule has 3 heteroatoms. The third-order valence-electron chi connectivity index (χ3n) is 2.48. The van der Waals surface area contributed by atoms with Gasteiger partial charge in [0.1, 0.15) is 19.0 Å². The highest BCUT2D eigenvalue weighted by Crippen LogP contribution is 2.17. The molecule has 0 spiro atoms. The Bertz CT molecular complexity index is 577. The van der Waals surface area contributed by atoms with Crippen molar-refractivity contribution in [3.8, 4) is 17.6 Å². The third-order valence-corrected chi connectivity index (χ3v) is 2.74. The van der Waals surface area contributed by atoms with Crippen molar-refractivity contribution in [2.75, 3.05) is 6.61 Å². The molecule has 0 atom stereocenters. The van der Waals surface area contributed by atoms with Crippen LogP contribution in [0, 0.1) is 11.8 Å². The molecule has 0 saturated heterocycles. The van der Waals surface area contributed by atoms with E-state index in [2.05, 4.69) is 11.8 Å². The van der Waals surface area contributed by atoms with E-state index in [1.54, 1.807) is 12.1 Å². The van der Waals surface area contributed by atoms with Crippen LogP contribution in [-0.2, 0) is 6.61 Å². The van der Waals surface area contributed by atoms with Gasteiger partial charge in [0.05, 0.1) is 0 Å². The number of benzene rings is 2. The van der Waals surface area contributed by atoms with E-state index in [-0.39, 0.29) is 6.61 Å². The Morgan fingerprint density at radius 3 is 2.32 bits per heavy atom. The lowest BCUT2D eigenvalue weighted by Crippen LogP contribution is -1.95. The summed E-state index contributed by atoms with van der Waals surface area (Å²) in [5.74, 6) is 6.24. The third kappa shape index (κ3) is 4.33. The smallest absolute Gasteiger partial charge is 0.119 e. The summed E-state index contributed by atoms with van der Waals surface area (Å²) >= 11 is 5.80. The molecular weight excluding hydrogens is 260 g/mol. The lowest BCUT2D eigenvalue weighted by molar-refractivity contribution is 0.306. The number of rotatable bonds is 3. The van der Waals surface area contributed by atoms with Crippen LogP contribution >= 0.6 is 11.6 Å². The molecule has 0 aliphatic rings. The molecule has 2 aromatic carbocycles. The molecular formula is C16H13ClO2. The van der Waals surface area contributed by atoms with Crippen molar-refractivity contribution >= 4 is 11.6 Å². The summed E-state index contributed by atoms with van der Waals surface area (Å²) in [5, 5.41) is 9.30. The van der Waals surface area contributed by atoms with Crippen LogP contribution in [0.1, 0.15) is 11.1 Å². The molecule has 0 aromatic heterocycles. The number of hydrogen-bond donors (Lipinski definition) is 1. The van der Waals surface area contributed by atoms with Crippen molar-refractivity contribution < 1.29 is 9.84 Å². The van der Waals surface area contributed by atoms with Gasteiger partial charge < -0.3 is 9.84 Å². The highest BCUT2D eigenvalue weighted by Gasteiger charge is 1.96. The van der Waals surface area contributed by atoms with Crippen LogP contribution in [-0.4, -0.2) is 11.7 Å². The number of aliphatic hydroxyl groups is 1. The molecule has 1 N–H and O–H groups in total. The van der Waals surface area contributed by atoms with E-state index in [1.807, 2.05) is 36.4 Å². The van der Waals surface area contributed by atoms with Crippen molar-refractivity contribution in [2.24, 2.45) is 0 Å². The first-order valence-corrected chi connectivity index (χ1v) is 6.23. The summed E-state index contributed by atoms with van der Waals surface area (Å²) in [4.78, 5) is 0. The number of ether oxygens (including phenoxy) is 1. The molecule has 0 bridgehead atoms. The first kappa shape index (κ1) is 13.5. The van der Waals surface area contributed by atoms with Crippen LogP contribution in [0.5, 0.6) is 5.75 Å². The number of aliphatic hydroxyl groups excluding tert-OH is 1. The van der Waals surface area contributed by atoms with Crippen molar-refractivity contribution in [2.45, 2.75) is 6.61 Å². The van der Waals surface area contributed by atoms with Gasteiger partial charge in [-0.25, -0.2) is 0 Å². The molecule has 0 amide bonds. The summed E-state index contributed by atoms with van der Waals surface area (Å²) < 4.78 is 5.63. The Hall–Kier alpha value is -1.95. The standard InChI is InChI=1S/C16H13ClO2/c17-15-7-9-16(10-8-15)19-12-14-5-3-13(4-6-14)2-1-11-18/h3-10,18H,11-12H2. The molecule has 2 rings (SSSR count). The highest BCUT2D eigenvalue weighted by molar-refractivity contribution is 6.30. The highest BCUT2D eigenvalue weighted by atomic mass is 35.5. The minimum Gasteiger partial charge on any atom is -0.489 e. The zero-order valence-electron chi connectivity index (χ0n) is 10.3. The zero-order valence-corrected chi connectivity index (χ0v) is 11.0. The summed E-state index contributed by atoms with van der Waals surface area (Å²) in [6.45, 7) is 0.372. The second-order valence-electron chi connectivity index (χ2n) is 3.90. The van der Waals surface area contributed by atoms with Crippen molar-refractivity contribution in [3.63, 3.8) is 0 Å². The monoisotopic (exact) mass is 272 g/mol. The van der Waals surface area contributed by atoms with Crippen LogP contribution in [0.4, 0.5) is 0 Å². The van der Waals surface area contributed by atoms with Crippen molar-refractivity contribution in [1.29, 1.82) is 0 Å². The molecule has 0 radical (unpaired) electrons.